The first-order valence-electron chi connectivity index (χ1n) is 7.19. The second-order valence-electron chi connectivity index (χ2n) is 7.24. The SMILES string of the molecule is CC(C)(C)NC(=O)CCNCc1ccc(C(C)(C)C)s1. The summed E-state index contributed by atoms with van der Waals surface area (Å²) in [5.74, 6) is 0.103. The predicted octanol–water partition coefficient (Wildman–Crippen LogP) is 3.44. The fourth-order valence-corrected chi connectivity index (χ4v) is 2.81. The van der Waals surface area contributed by atoms with Gasteiger partial charge in [-0.15, -0.1) is 11.3 Å². The molecule has 0 aromatic carbocycles. The molecule has 0 aliphatic rings. The predicted molar refractivity (Wildman–Crippen MR) is 87.2 cm³/mol. The Bertz CT molecular complexity index is 438. The molecule has 0 atom stereocenters. The molecule has 20 heavy (non-hydrogen) atoms. The maximum atomic E-state index is 11.7. The van der Waals surface area contributed by atoms with E-state index in [1.807, 2.05) is 32.1 Å². The van der Waals surface area contributed by atoms with E-state index in [-0.39, 0.29) is 16.9 Å². The maximum absolute atomic E-state index is 11.7. The molecular formula is C16H28N2OS. The number of rotatable bonds is 5. The number of hydrogen-bond acceptors (Lipinski definition) is 3. The van der Waals surface area contributed by atoms with Gasteiger partial charge >= 0.3 is 0 Å². The van der Waals surface area contributed by atoms with E-state index in [9.17, 15) is 4.79 Å². The molecule has 1 aromatic rings. The number of carbonyl (C=O) groups is 1. The summed E-state index contributed by atoms with van der Waals surface area (Å²) >= 11 is 1.85. The van der Waals surface area contributed by atoms with Gasteiger partial charge in [0.25, 0.3) is 0 Å². The number of amides is 1. The van der Waals surface area contributed by atoms with Crippen molar-refractivity contribution in [3.63, 3.8) is 0 Å². The summed E-state index contributed by atoms with van der Waals surface area (Å²) in [6, 6.07) is 4.38. The summed E-state index contributed by atoms with van der Waals surface area (Å²) < 4.78 is 0. The van der Waals surface area contributed by atoms with Gasteiger partial charge in [-0.25, -0.2) is 0 Å². The molecule has 0 aliphatic heterocycles. The minimum Gasteiger partial charge on any atom is -0.351 e. The van der Waals surface area contributed by atoms with Crippen LogP contribution in [0.25, 0.3) is 0 Å². The molecule has 1 amide bonds. The molecule has 4 heteroatoms. The first-order chi connectivity index (χ1) is 9.08. The van der Waals surface area contributed by atoms with Gasteiger partial charge in [-0.2, -0.15) is 0 Å². The zero-order chi connectivity index (χ0) is 15.4. The molecule has 0 saturated heterocycles. The monoisotopic (exact) mass is 296 g/mol. The highest BCUT2D eigenvalue weighted by Crippen LogP contribution is 2.29. The molecule has 0 saturated carbocycles. The Hall–Kier alpha value is -0.870. The number of nitrogens with one attached hydrogen (secondary N) is 2. The van der Waals surface area contributed by atoms with Gasteiger partial charge in [-0.1, -0.05) is 20.8 Å². The van der Waals surface area contributed by atoms with Gasteiger partial charge in [-0.05, 0) is 38.3 Å². The number of thiophene rings is 1. The fourth-order valence-electron chi connectivity index (χ4n) is 1.77. The van der Waals surface area contributed by atoms with Crippen molar-refractivity contribution in [2.45, 2.75) is 65.5 Å². The van der Waals surface area contributed by atoms with E-state index >= 15 is 0 Å². The summed E-state index contributed by atoms with van der Waals surface area (Å²) in [5.41, 5.74) is 0.0714. The summed E-state index contributed by atoms with van der Waals surface area (Å²) in [5, 5.41) is 6.30. The molecule has 1 aromatic heterocycles. The molecule has 0 aliphatic carbocycles. The van der Waals surface area contributed by atoms with E-state index in [2.05, 4.69) is 43.5 Å². The second kappa shape index (κ2) is 6.72. The zero-order valence-electron chi connectivity index (χ0n) is 13.6. The van der Waals surface area contributed by atoms with Crippen LogP contribution in [0.3, 0.4) is 0 Å². The highest BCUT2D eigenvalue weighted by atomic mass is 32.1. The van der Waals surface area contributed by atoms with Gasteiger partial charge in [0.05, 0.1) is 0 Å². The summed E-state index contributed by atoms with van der Waals surface area (Å²) in [7, 11) is 0. The van der Waals surface area contributed by atoms with Gasteiger partial charge in [0.1, 0.15) is 0 Å². The lowest BCUT2D eigenvalue weighted by molar-refractivity contribution is -0.122. The normalized spacial score (nSPS) is 12.5. The molecule has 0 fully saturated rings. The van der Waals surface area contributed by atoms with Gasteiger partial charge in [0, 0.05) is 34.8 Å². The highest BCUT2D eigenvalue weighted by molar-refractivity contribution is 7.12. The summed E-state index contributed by atoms with van der Waals surface area (Å²) in [6.07, 6.45) is 0.523. The molecule has 0 unspecified atom stereocenters. The third-order valence-corrected chi connectivity index (χ3v) is 4.25. The summed E-state index contributed by atoms with van der Waals surface area (Å²) in [6.45, 7) is 14.2. The van der Waals surface area contributed by atoms with Crippen molar-refractivity contribution < 1.29 is 4.79 Å². The molecule has 3 nitrogen and oxygen atoms in total. The lowest BCUT2D eigenvalue weighted by atomic mass is 9.95. The number of carbonyl (C=O) groups excluding carboxylic acids is 1. The van der Waals surface area contributed by atoms with Crippen LogP contribution < -0.4 is 10.6 Å². The van der Waals surface area contributed by atoms with Crippen molar-refractivity contribution in [2.24, 2.45) is 0 Å². The third-order valence-electron chi connectivity index (χ3n) is 2.74. The molecule has 0 bridgehead atoms. The van der Waals surface area contributed by atoms with Crippen LogP contribution in [0.1, 0.15) is 57.7 Å². The Labute approximate surface area is 127 Å². The topological polar surface area (TPSA) is 41.1 Å². The van der Waals surface area contributed by atoms with Crippen LogP contribution in [0.15, 0.2) is 12.1 Å². The average molecular weight is 296 g/mol. The Balaban J connectivity index is 2.28. The van der Waals surface area contributed by atoms with Crippen molar-refractivity contribution in [1.29, 1.82) is 0 Å². The molecule has 0 radical (unpaired) electrons. The van der Waals surface area contributed by atoms with Crippen LogP contribution in [0.2, 0.25) is 0 Å². The van der Waals surface area contributed by atoms with Gasteiger partial charge in [-0.3, -0.25) is 4.79 Å². The lowest BCUT2D eigenvalue weighted by Crippen LogP contribution is -2.41. The fraction of sp³-hybridized carbons (Fsp3) is 0.688. The Morgan fingerprint density at radius 1 is 1.15 bits per heavy atom. The lowest BCUT2D eigenvalue weighted by Gasteiger charge is -2.20. The van der Waals surface area contributed by atoms with Crippen molar-refractivity contribution in [2.75, 3.05) is 6.54 Å². The smallest absolute Gasteiger partial charge is 0.221 e. The molecule has 114 valence electrons. The van der Waals surface area contributed by atoms with Crippen molar-refractivity contribution in [3.8, 4) is 0 Å². The second-order valence-corrected chi connectivity index (χ2v) is 8.41. The quantitative estimate of drug-likeness (QED) is 0.817. The van der Waals surface area contributed by atoms with E-state index in [0.29, 0.717) is 13.0 Å². The average Bonchev–Trinajstić information content (AvgIpc) is 2.70. The van der Waals surface area contributed by atoms with Crippen LogP contribution >= 0.6 is 11.3 Å². The first kappa shape index (κ1) is 17.2. The van der Waals surface area contributed by atoms with Crippen LogP contribution in [-0.2, 0) is 16.8 Å². The molecule has 2 N–H and O–H groups in total. The minimum absolute atomic E-state index is 0.103. The number of hydrogen-bond donors (Lipinski definition) is 2. The van der Waals surface area contributed by atoms with Crippen molar-refractivity contribution >= 4 is 17.2 Å². The van der Waals surface area contributed by atoms with Crippen LogP contribution in [0.5, 0.6) is 0 Å². The van der Waals surface area contributed by atoms with Crippen molar-refractivity contribution in [3.05, 3.63) is 21.9 Å². The highest BCUT2D eigenvalue weighted by Gasteiger charge is 2.16. The molecule has 0 spiro atoms. The largest absolute Gasteiger partial charge is 0.351 e. The van der Waals surface area contributed by atoms with Gasteiger partial charge < -0.3 is 10.6 Å². The van der Waals surface area contributed by atoms with E-state index < -0.39 is 0 Å². The summed E-state index contributed by atoms with van der Waals surface area (Å²) in [4.78, 5) is 14.4. The van der Waals surface area contributed by atoms with E-state index in [1.54, 1.807) is 0 Å². The maximum Gasteiger partial charge on any atom is 0.221 e. The van der Waals surface area contributed by atoms with Crippen LogP contribution in [0.4, 0.5) is 0 Å². The Kier molecular flexibility index (Phi) is 5.78. The molecular weight excluding hydrogens is 268 g/mol. The molecule has 1 heterocycles. The zero-order valence-corrected chi connectivity index (χ0v) is 14.4. The Morgan fingerprint density at radius 2 is 1.80 bits per heavy atom. The molecule has 1 rings (SSSR count). The van der Waals surface area contributed by atoms with Gasteiger partial charge in [0.2, 0.25) is 5.91 Å². The van der Waals surface area contributed by atoms with E-state index in [0.717, 1.165) is 6.54 Å². The Morgan fingerprint density at radius 3 is 2.30 bits per heavy atom. The van der Waals surface area contributed by atoms with E-state index in [4.69, 9.17) is 0 Å². The minimum atomic E-state index is -0.146. The van der Waals surface area contributed by atoms with E-state index in [1.165, 1.54) is 9.75 Å². The van der Waals surface area contributed by atoms with Crippen LogP contribution in [-0.4, -0.2) is 18.0 Å². The standard InChI is InChI=1S/C16H28N2OS/c1-15(2,3)13-8-7-12(20-13)11-17-10-9-14(19)18-16(4,5)6/h7-8,17H,9-11H2,1-6H3,(H,18,19). The van der Waals surface area contributed by atoms with Crippen molar-refractivity contribution in [1.82, 2.24) is 10.6 Å². The van der Waals surface area contributed by atoms with Gasteiger partial charge in [0.15, 0.2) is 0 Å². The third kappa shape index (κ3) is 6.53. The van der Waals surface area contributed by atoms with Crippen LogP contribution in [0, 0.1) is 0 Å². The first-order valence-corrected chi connectivity index (χ1v) is 8.00.